The van der Waals surface area contributed by atoms with Crippen LogP contribution in [0.5, 0.6) is 0 Å². The third kappa shape index (κ3) is 4.20. The Labute approximate surface area is 148 Å². The fraction of sp³-hybridized carbons (Fsp3) is 0.500. The highest BCUT2D eigenvalue weighted by atomic mass is 16.5. The third-order valence-corrected chi connectivity index (χ3v) is 4.14. The smallest absolute Gasteiger partial charge is 0.403 e. The summed E-state index contributed by atoms with van der Waals surface area (Å²) in [7, 11) is 0. The molecule has 2 aromatic rings. The van der Waals surface area contributed by atoms with Crippen LogP contribution in [-0.2, 0) is 16.1 Å². The summed E-state index contributed by atoms with van der Waals surface area (Å²) in [6.07, 6.45) is 1.24. The van der Waals surface area contributed by atoms with Gasteiger partial charge in [-0.15, -0.1) is 0 Å². The Hall–Kier alpha value is -2.88. The molecule has 0 radical (unpaired) electrons. The Morgan fingerprint density at radius 1 is 1.46 bits per heavy atom. The number of likely N-dealkylation sites (tertiary alicyclic amines) is 1. The molecule has 3 rings (SSSR count). The second kappa shape index (κ2) is 7.56. The van der Waals surface area contributed by atoms with Gasteiger partial charge in [-0.25, -0.2) is 4.79 Å². The molecule has 26 heavy (non-hydrogen) atoms. The SMILES string of the molecule is Cc1cc(COCC(=O)NC2CN(C(=O)c3c[nH]c(=O)o3)CC2C)no1. The van der Waals surface area contributed by atoms with Crippen LogP contribution in [0.4, 0.5) is 0 Å². The molecule has 1 fully saturated rings. The number of carbonyl (C=O) groups is 2. The molecular formula is C16H20N4O6. The maximum Gasteiger partial charge on any atom is 0.416 e. The first-order chi connectivity index (χ1) is 12.4. The van der Waals surface area contributed by atoms with Crippen molar-refractivity contribution in [3.63, 3.8) is 0 Å². The number of hydrogen-bond donors (Lipinski definition) is 2. The van der Waals surface area contributed by atoms with E-state index in [1.807, 2.05) is 6.92 Å². The maximum absolute atomic E-state index is 12.3. The number of hydrogen-bond acceptors (Lipinski definition) is 7. The number of amides is 2. The highest BCUT2D eigenvalue weighted by molar-refractivity contribution is 5.91. The first-order valence-corrected chi connectivity index (χ1v) is 8.19. The fourth-order valence-electron chi connectivity index (χ4n) is 2.85. The zero-order valence-electron chi connectivity index (χ0n) is 14.5. The molecule has 2 amide bonds. The molecule has 1 saturated heterocycles. The molecule has 0 aliphatic carbocycles. The number of aryl methyl sites for hydroxylation is 1. The van der Waals surface area contributed by atoms with Gasteiger partial charge in [0, 0.05) is 19.2 Å². The lowest BCUT2D eigenvalue weighted by atomic mass is 10.1. The van der Waals surface area contributed by atoms with Crippen LogP contribution in [0, 0.1) is 12.8 Å². The van der Waals surface area contributed by atoms with Crippen LogP contribution in [0.15, 0.2) is 26.0 Å². The number of carbonyl (C=O) groups excluding carboxylic acids is 2. The number of aromatic nitrogens is 2. The Bertz CT molecular complexity index is 838. The van der Waals surface area contributed by atoms with E-state index in [9.17, 15) is 14.4 Å². The zero-order valence-corrected chi connectivity index (χ0v) is 14.5. The van der Waals surface area contributed by atoms with Gasteiger partial charge in [-0.1, -0.05) is 12.1 Å². The number of nitrogens with one attached hydrogen (secondary N) is 2. The summed E-state index contributed by atoms with van der Waals surface area (Å²) in [6.45, 7) is 4.57. The van der Waals surface area contributed by atoms with Crippen molar-refractivity contribution >= 4 is 11.8 Å². The summed E-state index contributed by atoms with van der Waals surface area (Å²) in [5.41, 5.74) is 0.620. The predicted molar refractivity (Wildman–Crippen MR) is 87.2 cm³/mol. The molecule has 0 aromatic carbocycles. The van der Waals surface area contributed by atoms with E-state index in [0.717, 1.165) is 0 Å². The minimum Gasteiger partial charge on any atom is -0.403 e. The third-order valence-electron chi connectivity index (χ3n) is 4.14. The minimum absolute atomic E-state index is 0.0413. The van der Waals surface area contributed by atoms with Gasteiger partial charge in [0.05, 0.1) is 18.8 Å². The molecule has 0 bridgehead atoms. The van der Waals surface area contributed by atoms with Gasteiger partial charge in [0.2, 0.25) is 11.7 Å². The van der Waals surface area contributed by atoms with Gasteiger partial charge in [-0.3, -0.25) is 14.6 Å². The van der Waals surface area contributed by atoms with Crippen LogP contribution in [-0.4, -0.2) is 52.6 Å². The van der Waals surface area contributed by atoms with Gasteiger partial charge in [-0.2, -0.15) is 0 Å². The van der Waals surface area contributed by atoms with Crippen LogP contribution in [0.2, 0.25) is 0 Å². The number of H-pyrrole nitrogens is 1. The van der Waals surface area contributed by atoms with Crippen molar-refractivity contribution in [1.29, 1.82) is 0 Å². The molecule has 0 saturated carbocycles. The topological polar surface area (TPSA) is 131 Å². The number of oxazole rings is 1. The molecule has 2 atom stereocenters. The lowest BCUT2D eigenvalue weighted by Crippen LogP contribution is -2.42. The summed E-state index contributed by atoms with van der Waals surface area (Å²) < 4.78 is 15.0. The lowest BCUT2D eigenvalue weighted by Gasteiger charge is -2.16. The van der Waals surface area contributed by atoms with E-state index < -0.39 is 5.76 Å². The van der Waals surface area contributed by atoms with Gasteiger partial charge in [0.1, 0.15) is 18.1 Å². The normalized spacial score (nSPS) is 19.7. The van der Waals surface area contributed by atoms with E-state index in [2.05, 4.69) is 15.5 Å². The molecule has 1 aliphatic heterocycles. The Balaban J connectivity index is 1.46. The highest BCUT2D eigenvalue weighted by Gasteiger charge is 2.34. The van der Waals surface area contributed by atoms with Crippen molar-refractivity contribution in [2.75, 3.05) is 19.7 Å². The Morgan fingerprint density at radius 2 is 2.27 bits per heavy atom. The predicted octanol–water partition coefficient (Wildman–Crippen LogP) is 0.0578. The van der Waals surface area contributed by atoms with E-state index in [1.165, 1.54) is 6.20 Å². The van der Waals surface area contributed by atoms with Gasteiger partial charge in [-0.05, 0) is 12.8 Å². The standard InChI is InChI=1S/C16H20N4O6/c1-9-5-20(15(22)13-4-17-16(23)25-13)6-12(9)18-14(21)8-24-7-11-3-10(2)26-19-11/h3-4,9,12H,5-8H2,1-2H3,(H,17,23)(H,18,21). The summed E-state index contributed by atoms with van der Waals surface area (Å²) in [5.74, 6) is -0.637. The van der Waals surface area contributed by atoms with Crippen molar-refractivity contribution in [2.24, 2.45) is 5.92 Å². The Kier molecular flexibility index (Phi) is 5.21. The van der Waals surface area contributed by atoms with Crippen molar-refractivity contribution in [3.8, 4) is 0 Å². The van der Waals surface area contributed by atoms with Gasteiger partial charge in [0.15, 0.2) is 0 Å². The van der Waals surface area contributed by atoms with Crippen molar-refractivity contribution in [3.05, 3.63) is 40.0 Å². The Morgan fingerprint density at radius 3 is 2.92 bits per heavy atom. The van der Waals surface area contributed by atoms with E-state index in [1.54, 1.807) is 17.9 Å². The van der Waals surface area contributed by atoms with Gasteiger partial charge >= 0.3 is 5.76 Å². The zero-order chi connectivity index (χ0) is 18.7. The molecule has 2 unspecified atom stereocenters. The van der Waals surface area contributed by atoms with E-state index >= 15 is 0 Å². The summed E-state index contributed by atoms with van der Waals surface area (Å²) in [4.78, 5) is 39.2. The molecule has 10 nitrogen and oxygen atoms in total. The lowest BCUT2D eigenvalue weighted by molar-refractivity contribution is -0.127. The second-order valence-electron chi connectivity index (χ2n) is 6.33. The minimum atomic E-state index is -0.676. The van der Waals surface area contributed by atoms with Crippen LogP contribution < -0.4 is 11.1 Å². The summed E-state index contributed by atoms with van der Waals surface area (Å²) in [6, 6.07) is 1.54. The first-order valence-electron chi connectivity index (χ1n) is 8.19. The molecular weight excluding hydrogens is 344 g/mol. The van der Waals surface area contributed by atoms with Gasteiger partial charge < -0.3 is 23.9 Å². The molecule has 3 heterocycles. The molecule has 2 aromatic heterocycles. The molecule has 1 aliphatic rings. The molecule has 0 spiro atoms. The van der Waals surface area contributed by atoms with E-state index in [4.69, 9.17) is 13.7 Å². The monoisotopic (exact) mass is 364 g/mol. The summed E-state index contributed by atoms with van der Waals surface area (Å²) in [5, 5.41) is 6.64. The van der Waals surface area contributed by atoms with Gasteiger partial charge in [0.25, 0.3) is 5.91 Å². The van der Waals surface area contributed by atoms with E-state index in [-0.39, 0.29) is 42.7 Å². The van der Waals surface area contributed by atoms with Crippen molar-refractivity contribution in [1.82, 2.24) is 20.4 Å². The first kappa shape index (κ1) is 17.9. The van der Waals surface area contributed by atoms with Crippen molar-refractivity contribution < 1.29 is 23.3 Å². The number of nitrogens with zero attached hydrogens (tertiary/aromatic N) is 2. The van der Waals surface area contributed by atoms with Crippen LogP contribution in [0.1, 0.15) is 28.9 Å². The molecule has 10 heteroatoms. The largest absolute Gasteiger partial charge is 0.416 e. The fourth-order valence-corrected chi connectivity index (χ4v) is 2.85. The van der Waals surface area contributed by atoms with E-state index in [0.29, 0.717) is 24.5 Å². The summed E-state index contributed by atoms with van der Waals surface area (Å²) >= 11 is 0. The quantitative estimate of drug-likeness (QED) is 0.741. The van der Waals surface area contributed by atoms with Crippen LogP contribution in [0.25, 0.3) is 0 Å². The number of aromatic amines is 1. The molecule has 2 N–H and O–H groups in total. The van der Waals surface area contributed by atoms with Crippen LogP contribution in [0.3, 0.4) is 0 Å². The van der Waals surface area contributed by atoms with Crippen molar-refractivity contribution in [2.45, 2.75) is 26.5 Å². The van der Waals surface area contributed by atoms with Crippen LogP contribution >= 0.6 is 0 Å². The average molecular weight is 364 g/mol. The number of rotatable bonds is 6. The second-order valence-corrected chi connectivity index (χ2v) is 6.33. The molecule has 140 valence electrons. The highest BCUT2D eigenvalue weighted by Crippen LogP contribution is 2.18. The maximum atomic E-state index is 12.3. The average Bonchev–Trinajstić information content (AvgIpc) is 3.29. The number of ether oxygens (including phenoxy) is 1.